The first-order chi connectivity index (χ1) is 13.8. The third kappa shape index (κ3) is 5.85. The van der Waals surface area contributed by atoms with Crippen LogP contribution in [0, 0.1) is 13.8 Å². The standard InChI is InChI=1S/C23H21F3N2O/c1-16-6-7-17(2)19(12-16)15-29-22-10-8-18(9-11-22)14-27-28-21-5-3-4-20(13-21)23(24,25)26/h3-14,28H,15H2,1-2H3. The summed E-state index contributed by atoms with van der Waals surface area (Å²) in [5.41, 5.74) is 6.47. The lowest BCUT2D eigenvalue weighted by Gasteiger charge is -2.10. The van der Waals surface area contributed by atoms with Crippen molar-refractivity contribution in [1.82, 2.24) is 0 Å². The van der Waals surface area contributed by atoms with Crippen LogP contribution in [-0.4, -0.2) is 6.21 Å². The van der Waals surface area contributed by atoms with E-state index in [4.69, 9.17) is 4.74 Å². The van der Waals surface area contributed by atoms with E-state index in [0.29, 0.717) is 6.61 Å². The molecule has 0 saturated heterocycles. The smallest absolute Gasteiger partial charge is 0.416 e. The number of ether oxygens (including phenoxy) is 1. The van der Waals surface area contributed by atoms with Crippen LogP contribution in [0.2, 0.25) is 0 Å². The molecule has 150 valence electrons. The van der Waals surface area contributed by atoms with Crippen molar-refractivity contribution in [3.8, 4) is 5.75 Å². The van der Waals surface area contributed by atoms with Crippen molar-refractivity contribution in [1.29, 1.82) is 0 Å². The van der Waals surface area contributed by atoms with E-state index in [2.05, 4.69) is 35.7 Å². The minimum atomic E-state index is -4.38. The van der Waals surface area contributed by atoms with Crippen molar-refractivity contribution in [2.45, 2.75) is 26.6 Å². The highest BCUT2D eigenvalue weighted by Crippen LogP contribution is 2.30. The Balaban J connectivity index is 1.57. The molecule has 6 heteroatoms. The maximum Gasteiger partial charge on any atom is 0.416 e. The summed E-state index contributed by atoms with van der Waals surface area (Å²) in [6.07, 6.45) is -2.84. The van der Waals surface area contributed by atoms with Gasteiger partial charge in [-0.05, 0) is 73.0 Å². The fourth-order valence-corrected chi connectivity index (χ4v) is 2.71. The summed E-state index contributed by atoms with van der Waals surface area (Å²) in [6, 6.07) is 18.5. The number of hydrogen-bond acceptors (Lipinski definition) is 3. The van der Waals surface area contributed by atoms with Crippen molar-refractivity contribution >= 4 is 11.9 Å². The molecular formula is C23H21F3N2O. The maximum atomic E-state index is 12.7. The molecule has 3 rings (SSSR count). The number of anilines is 1. The Labute approximate surface area is 167 Å². The summed E-state index contributed by atoms with van der Waals surface area (Å²) in [5, 5.41) is 4.00. The molecule has 29 heavy (non-hydrogen) atoms. The van der Waals surface area contributed by atoms with Gasteiger partial charge in [0.15, 0.2) is 0 Å². The van der Waals surface area contributed by atoms with Crippen molar-refractivity contribution in [2.24, 2.45) is 5.10 Å². The zero-order chi connectivity index (χ0) is 20.9. The number of alkyl halides is 3. The van der Waals surface area contributed by atoms with E-state index in [1.54, 1.807) is 0 Å². The van der Waals surface area contributed by atoms with Gasteiger partial charge in [0, 0.05) is 0 Å². The topological polar surface area (TPSA) is 33.6 Å². The third-order valence-electron chi connectivity index (χ3n) is 4.38. The second kappa shape index (κ2) is 8.82. The second-order valence-electron chi connectivity index (χ2n) is 6.74. The van der Waals surface area contributed by atoms with Gasteiger partial charge in [0.1, 0.15) is 12.4 Å². The molecule has 0 aliphatic carbocycles. The molecule has 0 bridgehead atoms. The lowest BCUT2D eigenvalue weighted by Crippen LogP contribution is -2.05. The van der Waals surface area contributed by atoms with Crippen molar-refractivity contribution < 1.29 is 17.9 Å². The predicted molar refractivity (Wildman–Crippen MR) is 109 cm³/mol. The minimum absolute atomic E-state index is 0.268. The van der Waals surface area contributed by atoms with Gasteiger partial charge in [-0.15, -0.1) is 0 Å². The van der Waals surface area contributed by atoms with E-state index in [0.717, 1.165) is 29.0 Å². The number of benzene rings is 3. The van der Waals surface area contributed by atoms with Crippen LogP contribution >= 0.6 is 0 Å². The summed E-state index contributed by atoms with van der Waals surface area (Å²) in [6.45, 7) is 4.58. The van der Waals surface area contributed by atoms with E-state index in [9.17, 15) is 13.2 Å². The molecule has 0 radical (unpaired) electrons. The molecule has 0 aliphatic heterocycles. The number of aryl methyl sites for hydroxylation is 2. The molecule has 0 amide bonds. The minimum Gasteiger partial charge on any atom is -0.489 e. The van der Waals surface area contributed by atoms with Gasteiger partial charge in [-0.2, -0.15) is 18.3 Å². The first-order valence-corrected chi connectivity index (χ1v) is 9.06. The van der Waals surface area contributed by atoms with Gasteiger partial charge in [0.25, 0.3) is 0 Å². The van der Waals surface area contributed by atoms with Gasteiger partial charge >= 0.3 is 6.18 Å². The van der Waals surface area contributed by atoms with Crippen LogP contribution in [0.25, 0.3) is 0 Å². The molecule has 0 saturated carbocycles. The number of hydrogen-bond donors (Lipinski definition) is 1. The van der Waals surface area contributed by atoms with Crippen LogP contribution in [0.3, 0.4) is 0 Å². The lowest BCUT2D eigenvalue weighted by atomic mass is 10.1. The van der Waals surface area contributed by atoms with Crippen molar-refractivity contribution in [3.63, 3.8) is 0 Å². The molecule has 0 heterocycles. The SMILES string of the molecule is Cc1ccc(C)c(COc2ccc(C=NNc3cccc(C(F)(F)F)c3)cc2)c1. The zero-order valence-corrected chi connectivity index (χ0v) is 16.1. The summed E-state index contributed by atoms with van der Waals surface area (Å²) < 4.78 is 44.0. The van der Waals surface area contributed by atoms with Crippen LogP contribution < -0.4 is 10.2 Å². The monoisotopic (exact) mass is 398 g/mol. The predicted octanol–water partition coefficient (Wildman–Crippen LogP) is 6.35. The summed E-state index contributed by atoms with van der Waals surface area (Å²) in [4.78, 5) is 0. The summed E-state index contributed by atoms with van der Waals surface area (Å²) in [7, 11) is 0. The third-order valence-corrected chi connectivity index (χ3v) is 4.38. The molecule has 0 aromatic heterocycles. The second-order valence-corrected chi connectivity index (χ2v) is 6.74. The highest BCUT2D eigenvalue weighted by atomic mass is 19.4. The zero-order valence-electron chi connectivity index (χ0n) is 16.1. The van der Waals surface area contributed by atoms with E-state index in [1.807, 2.05) is 31.2 Å². The maximum absolute atomic E-state index is 12.7. The Bertz CT molecular complexity index is 996. The van der Waals surface area contributed by atoms with Gasteiger partial charge in [-0.3, -0.25) is 5.43 Å². The molecule has 0 spiro atoms. The van der Waals surface area contributed by atoms with Crippen LogP contribution in [-0.2, 0) is 12.8 Å². The average Bonchev–Trinajstić information content (AvgIpc) is 2.69. The molecule has 0 unspecified atom stereocenters. The lowest BCUT2D eigenvalue weighted by molar-refractivity contribution is -0.137. The first kappa shape index (κ1) is 20.5. The molecule has 3 aromatic rings. The van der Waals surface area contributed by atoms with E-state index in [-0.39, 0.29) is 5.69 Å². The van der Waals surface area contributed by atoms with E-state index >= 15 is 0 Å². The normalized spacial score (nSPS) is 11.6. The van der Waals surface area contributed by atoms with Crippen LogP contribution in [0.5, 0.6) is 5.75 Å². The number of rotatable bonds is 6. The van der Waals surface area contributed by atoms with Gasteiger partial charge in [0.2, 0.25) is 0 Å². The molecular weight excluding hydrogens is 377 g/mol. The summed E-state index contributed by atoms with van der Waals surface area (Å²) in [5.74, 6) is 0.730. The van der Waals surface area contributed by atoms with Gasteiger partial charge in [-0.1, -0.05) is 29.8 Å². The fourth-order valence-electron chi connectivity index (χ4n) is 2.71. The Hall–Kier alpha value is -3.28. The van der Waals surface area contributed by atoms with Crippen LogP contribution in [0.4, 0.5) is 18.9 Å². The number of nitrogens with one attached hydrogen (secondary N) is 1. The Morgan fingerprint density at radius 3 is 2.45 bits per heavy atom. The number of nitrogens with zero attached hydrogens (tertiary/aromatic N) is 1. The van der Waals surface area contributed by atoms with Gasteiger partial charge in [-0.25, -0.2) is 0 Å². The molecule has 0 fully saturated rings. The van der Waals surface area contributed by atoms with Crippen LogP contribution in [0.1, 0.15) is 27.8 Å². The van der Waals surface area contributed by atoms with E-state index in [1.165, 1.54) is 29.5 Å². The fraction of sp³-hybridized carbons (Fsp3) is 0.174. The molecule has 0 atom stereocenters. The Morgan fingerprint density at radius 2 is 1.72 bits per heavy atom. The highest BCUT2D eigenvalue weighted by molar-refractivity contribution is 5.80. The van der Waals surface area contributed by atoms with E-state index < -0.39 is 11.7 Å². The quantitative estimate of drug-likeness (QED) is 0.388. The number of hydrazone groups is 1. The number of halogens is 3. The van der Waals surface area contributed by atoms with Gasteiger partial charge < -0.3 is 4.74 Å². The first-order valence-electron chi connectivity index (χ1n) is 9.06. The highest BCUT2D eigenvalue weighted by Gasteiger charge is 2.30. The molecule has 3 nitrogen and oxygen atoms in total. The summed E-state index contributed by atoms with van der Waals surface area (Å²) >= 11 is 0. The molecule has 3 aromatic carbocycles. The van der Waals surface area contributed by atoms with Crippen LogP contribution in [0.15, 0.2) is 71.8 Å². The van der Waals surface area contributed by atoms with Crippen molar-refractivity contribution in [2.75, 3.05) is 5.43 Å². The molecule has 0 aliphatic rings. The van der Waals surface area contributed by atoms with Gasteiger partial charge in [0.05, 0.1) is 17.5 Å². The van der Waals surface area contributed by atoms with Crippen molar-refractivity contribution in [3.05, 3.63) is 94.5 Å². The Kier molecular flexibility index (Phi) is 6.22. The molecule has 1 N–H and O–H groups in total. The largest absolute Gasteiger partial charge is 0.489 e. The Morgan fingerprint density at radius 1 is 0.966 bits per heavy atom. The average molecular weight is 398 g/mol.